The van der Waals surface area contributed by atoms with Crippen LogP contribution in [0.5, 0.6) is 5.75 Å². The standard InChI is InChI=1S/C15H22N2O/c1-5-13(10-16)11-17(4)14-6-8-15(9-7-14)18-12(2)3/h6-9,12-13H,5,11H2,1-4H3. The molecule has 0 fully saturated rings. The highest BCUT2D eigenvalue weighted by Gasteiger charge is 2.09. The van der Waals surface area contributed by atoms with Gasteiger partial charge in [0.2, 0.25) is 0 Å². The fraction of sp³-hybridized carbons (Fsp3) is 0.533. The molecule has 0 aliphatic carbocycles. The summed E-state index contributed by atoms with van der Waals surface area (Å²) in [7, 11) is 2.01. The van der Waals surface area contributed by atoms with Crippen molar-refractivity contribution in [1.29, 1.82) is 5.26 Å². The Kier molecular flexibility index (Phi) is 5.51. The Bertz CT molecular complexity index is 392. The van der Waals surface area contributed by atoms with E-state index in [9.17, 15) is 0 Å². The Hall–Kier alpha value is -1.69. The fourth-order valence-corrected chi connectivity index (χ4v) is 1.75. The lowest BCUT2D eigenvalue weighted by Crippen LogP contribution is -2.24. The fourth-order valence-electron chi connectivity index (χ4n) is 1.75. The summed E-state index contributed by atoms with van der Waals surface area (Å²) in [6.45, 7) is 6.83. The third-order valence-electron chi connectivity index (χ3n) is 2.82. The zero-order valence-electron chi connectivity index (χ0n) is 11.7. The van der Waals surface area contributed by atoms with Gasteiger partial charge in [-0.2, -0.15) is 5.26 Å². The van der Waals surface area contributed by atoms with E-state index in [1.165, 1.54) is 0 Å². The predicted octanol–water partition coefficient (Wildman–Crippen LogP) is 3.46. The van der Waals surface area contributed by atoms with Crippen molar-refractivity contribution in [2.24, 2.45) is 5.92 Å². The lowest BCUT2D eigenvalue weighted by atomic mass is 10.1. The van der Waals surface area contributed by atoms with Gasteiger partial charge >= 0.3 is 0 Å². The Balaban J connectivity index is 2.64. The van der Waals surface area contributed by atoms with Gasteiger partial charge in [0.25, 0.3) is 0 Å². The van der Waals surface area contributed by atoms with E-state index >= 15 is 0 Å². The van der Waals surface area contributed by atoms with E-state index in [0.717, 1.165) is 24.4 Å². The molecule has 0 aliphatic heterocycles. The van der Waals surface area contributed by atoms with Gasteiger partial charge in [-0.1, -0.05) is 6.92 Å². The van der Waals surface area contributed by atoms with Crippen LogP contribution < -0.4 is 9.64 Å². The van der Waals surface area contributed by atoms with Crippen LogP contribution in [-0.2, 0) is 0 Å². The van der Waals surface area contributed by atoms with Crippen LogP contribution in [0, 0.1) is 17.2 Å². The van der Waals surface area contributed by atoms with Crippen LogP contribution >= 0.6 is 0 Å². The Morgan fingerprint density at radius 2 is 1.89 bits per heavy atom. The number of anilines is 1. The summed E-state index contributed by atoms with van der Waals surface area (Å²) in [4.78, 5) is 2.11. The zero-order chi connectivity index (χ0) is 13.5. The first kappa shape index (κ1) is 14.4. The molecule has 98 valence electrons. The van der Waals surface area contributed by atoms with Gasteiger partial charge in [0.1, 0.15) is 5.75 Å². The summed E-state index contributed by atoms with van der Waals surface area (Å²) in [6.07, 6.45) is 1.08. The number of hydrogen-bond acceptors (Lipinski definition) is 3. The lowest BCUT2D eigenvalue weighted by Gasteiger charge is -2.22. The van der Waals surface area contributed by atoms with E-state index in [1.807, 2.05) is 52.1 Å². The van der Waals surface area contributed by atoms with E-state index < -0.39 is 0 Å². The summed E-state index contributed by atoms with van der Waals surface area (Å²) in [5, 5.41) is 8.97. The van der Waals surface area contributed by atoms with E-state index in [0.29, 0.717) is 0 Å². The van der Waals surface area contributed by atoms with Crippen LogP contribution in [0.25, 0.3) is 0 Å². The van der Waals surface area contributed by atoms with Gasteiger partial charge in [0.05, 0.1) is 18.1 Å². The average Bonchev–Trinajstić information content (AvgIpc) is 2.35. The summed E-state index contributed by atoms with van der Waals surface area (Å²) in [5.41, 5.74) is 1.11. The Labute approximate surface area is 110 Å². The largest absolute Gasteiger partial charge is 0.491 e. The third kappa shape index (κ3) is 4.29. The number of benzene rings is 1. The highest BCUT2D eigenvalue weighted by molar-refractivity contribution is 5.48. The van der Waals surface area contributed by atoms with Crippen molar-refractivity contribution in [2.45, 2.75) is 33.3 Å². The van der Waals surface area contributed by atoms with Crippen molar-refractivity contribution in [3.63, 3.8) is 0 Å². The van der Waals surface area contributed by atoms with Crippen molar-refractivity contribution in [3.05, 3.63) is 24.3 Å². The first-order valence-electron chi connectivity index (χ1n) is 6.44. The monoisotopic (exact) mass is 246 g/mol. The molecule has 0 saturated heterocycles. The van der Waals surface area contributed by atoms with Crippen LogP contribution in [-0.4, -0.2) is 19.7 Å². The molecule has 1 aromatic carbocycles. The Morgan fingerprint density at radius 1 is 1.28 bits per heavy atom. The molecule has 18 heavy (non-hydrogen) atoms. The minimum atomic E-state index is 0.0848. The van der Waals surface area contributed by atoms with Gasteiger partial charge < -0.3 is 9.64 Å². The highest BCUT2D eigenvalue weighted by Crippen LogP contribution is 2.20. The molecule has 0 saturated carbocycles. The number of ether oxygens (including phenoxy) is 1. The molecule has 0 amide bonds. The van der Waals surface area contributed by atoms with E-state index in [2.05, 4.69) is 11.0 Å². The number of nitriles is 1. The quantitative estimate of drug-likeness (QED) is 0.771. The summed E-state index contributed by atoms with van der Waals surface area (Å²) >= 11 is 0. The zero-order valence-corrected chi connectivity index (χ0v) is 11.7. The molecule has 0 N–H and O–H groups in total. The normalized spacial score (nSPS) is 12.0. The molecule has 1 unspecified atom stereocenters. The van der Waals surface area contributed by atoms with Crippen molar-refractivity contribution < 1.29 is 4.74 Å². The number of nitrogens with zero attached hydrogens (tertiary/aromatic N) is 2. The third-order valence-corrected chi connectivity index (χ3v) is 2.82. The van der Waals surface area contributed by atoms with Gasteiger partial charge in [-0.3, -0.25) is 0 Å². The minimum Gasteiger partial charge on any atom is -0.491 e. The topological polar surface area (TPSA) is 36.3 Å². The maximum absolute atomic E-state index is 8.97. The molecule has 3 nitrogen and oxygen atoms in total. The average molecular weight is 246 g/mol. The summed E-state index contributed by atoms with van der Waals surface area (Å²) in [6, 6.07) is 10.3. The molecule has 0 radical (unpaired) electrons. The lowest BCUT2D eigenvalue weighted by molar-refractivity contribution is 0.242. The molecule has 0 bridgehead atoms. The number of hydrogen-bond donors (Lipinski definition) is 0. The summed E-state index contributed by atoms with van der Waals surface area (Å²) in [5.74, 6) is 0.969. The maximum atomic E-state index is 8.97. The Morgan fingerprint density at radius 3 is 2.33 bits per heavy atom. The van der Waals surface area contributed by atoms with Gasteiger partial charge in [-0.15, -0.1) is 0 Å². The van der Waals surface area contributed by atoms with Crippen molar-refractivity contribution in [1.82, 2.24) is 0 Å². The van der Waals surface area contributed by atoms with Crippen LogP contribution in [0.3, 0.4) is 0 Å². The first-order valence-corrected chi connectivity index (χ1v) is 6.44. The van der Waals surface area contributed by atoms with Crippen LogP contribution in [0.15, 0.2) is 24.3 Å². The first-order chi connectivity index (χ1) is 8.56. The van der Waals surface area contributed by atoms with Crippen LogP contribution in [0.2, 0.25) is 0 Å². The van der Waals surface area contributed by atoms with Crippen molar-refractivity contribution in [3.8, 4) is 11.8 Å². The SMILES string of the molecule is CCC(C#N)CN(C)c1ccc(OC(C)C)cc1. The van der Waals surface area contributed by atoms with E-state index in [4.69, 9.17) is 10.00 Å². The predicted molar refractivity (Wildman–Crippen MR) is 74.9 cm³/mol. The van der Waals surface area contributed by atoms with Gasteiger partial charge in [0, 0.05) is 19.3 Å². The van der Waals surface area contributed by atoms with Gasteiger partial charge in [-0.05, 0) is 44.5 Å². The molecule has 1 atom stereocenters. The molecular weight excluding hydrogens is 224 g/mol. The highest BCUT2D eigenvalue weighted by atomic mass is 16.5. The maximum Gasteiger partial charge on any atom is 0.119 e. The molecule has 0 spiro atoms. The second-order valence-electron chi connectivity index (χ2n) is 4.78. The molecule has 0 aromatic heterocycles. The molecule has 0 heterocycles. The van der Waals surface area contributed by atoms with Crippen LogP contribution in [0.4, 0.5) is 5.69 Å². The molecule has 0 aliphatic rings. The molecular formula is C15H22N2O. The van der Waals surface area contributed by atoms with E-state index in [1.54, 1.807) is 0 Å². The molecule has 1 aromatic rings. The number of rotatable bonds is 6. The second kappa shape index (κ2) is 6.90. The smallest absolute Gasteiger partial charge is 0.119 e. The summed E-state index contributed by atoms with van der Waals surface area (Å²) < 4.78 is 5.60. The van der Waals surface area contributed by atoms with Crippen molar-refractivity contribution >= 4 is 5.69 Å². The van der Waals surface area contributed by atoms with Gasteiger partial charge in [0.15, 0.2) is 0 Å². The van der Waals surface area contributed by atoms with Crippen LogP contribution in [0.1, 0.15) is 27.2 Å². The molecule has 1 rings (SSSR count). The van der Waals surface area contributed by atoms with E-state index in [-0.39, 0.29) is 12.0 Å². The van der Waals surface area contributed by atoms with Gasteiger partial charge in [-0.25, -0.2) is 0 Å². The minimum absolute atomic E-state index is 0.0848. The second-order valence-corrected chi connectivity index (χ2v) is 4.78. The van der Waals surface area contributed by atoms with Crippen molar-refractivity contribution in [2.75, 3.05) is 18.5 Å². The molecule has 3 heteroatoms.